The molecule has 2 aromatic heterocycles. The van der Waals surface area contributed by atoms with Gasteiger partial charge < -0.3 is 5.73 Å². The second-order valence-electron chi connectivity index (χ2n) is 3.32. The monoisotopic (exact) mass is 222 g/mol. The summed E-state index contributed by atoms with van der Waals surface area (Å²) in [6, 6.07) is 1.85. The van der Waals surface area contributed by atoms with Crippen molar-refractivity contribution in [2.24, 2.45) is 5.73 Å². The number of hydrogen-bond donors (Lipinski definition) is 1. The summed E-state index contributed by atoms with van der Waals surface area (Å²) in [4.78, 5) is 4.22. The number of pyridine rings is 1. The van der Waals surface area contributed by atoms with Gasteiger partial charge in [-0.3, -0.25) is 0 Å². The molecule has 0 aliphatic carbocycles. The molecule has 0 saturated heterocycles. The van der Waals surface area contributed by atoms with E-state index in [0.717, 1.165) is 11.1 Å². The van der Waals surface area contributed by atoms with Crippen LogP contribution in [0.2, 0.25) is 5.02 Å². The molecule has 2 N–H and O–H groups in total. The normalized spacial score (nSPS) is 10.6. The summed E-state index contributed by atoms with van der Waals surface area (Å²) in [5.41, 5.74) is 7.47. The molecule has 0 unspecified atom stereocenters. The maximum Gasteiger partial charge on any atom is 0.172 e. The van der Waals surface area contributed by atoms with Crippen LogP contribution >= 0.6 is 11.6 Å². The topological polar surface area (TPSA) is 56.7 Å². The van der Waals surface area contributed by atoms with Crippen molar-refractivity contribution < 1.29 is 0 Å². The number of aromatic nitrogens is 3. The third kappa shape index (κ3) is 2.00. The third-order valence-electron chi connectivity index (χ3n) is 2.05. The molecule has 0 bridgehead atoms. The average Bonchev–Trinajstić information content (AvgIpc) is 2.66. The summed E-state index contributed by atoms with van der Waals surface area (Å²) in [5, 5.41) is 4.72. The number of nitrogens with two attached hydrogens (primary N) is 1. The molecule has 0 fully saturated rings. The van der Waals surface area contributed by atoms with E-state index in [2.05, 4.69) is 10.1 Å². The summed E-state index contributed by atoms with van der Waals surface area (Å²) < 4.78 is 1.63. The van der Waals surface area contributed by atoms with Crippen LogP contribution < -0.4 is 5.73 Å². The number of nitrogens with zero attached hydrogens (tertiary/aromatic N) is 3. The molecule has 5 heteroatoms. The van der Waals surface area contributed by atoms with Gasteiger partial charge in [0.15, 0.2) is 5.82 Å². The lowest BCUT2D eigenvalue weighted by Gasteiger charge is -2.03. The van der Waals surface area contributed by atoms with Crippen LogP contribution in [-0.4, -0.2) is 14.8 Å². The first-order valence-electron chi connectivity index (χ1n) is 4.57. The van der Waals surface area contributed by atoms with Gasteiger partial charge in [-0.05, 0) is 18.6 Å². The van der Waals surface area contributed by atoms with Crippen molar-refractivity contribution in [2.45, 2.75) is 13.5 Å². The highest BCUT2D eigenvalue weighted by molar-refractivity contribution is 6.32. The lowest BCUT2D eigenvalue weighted by Crippen LogP contribution is -1.99. The Morgan fingerprint density at radius 2 is 2.27 bits per heavy atom. The number of rotatable bonds is 2. The lowest BCUT2D eigenvalue weighted by molar-refractivity contribution is 0.845. The molecule has 15 heavy (non-hydrogen) atoms. The lowest BCUT2D eigenvalue weighted by atomic mass is 10.3. The molecule has 4 nitrogen and oxygen atoms in total. The minimum absolute atomic E-state index is 0.462. The molecule has 0 radical (unpaired) electrons. The molecule has 0 aliphatic rings. The summed E-state index contributed by atoms with van der Waals surface area (Å²) in [7, 11) is 0. The van der Waals surface area contributed by atoms with Crippen LogP contribution in [0.4, 0.5) is 0 Å². The molecule has 2 aromatic rings. The van der Waals surface area contributed by atoms with Crippen molar-refractivity contribution in [1.29, 1.82) is 0 Å². The maximum atomic E-state index is 6.06. The molecule has 0 spiro atoms. The molecule has 2 rings (SSSR count). The van der Waals surface area contributed by atoms with Gasteiger partial charge in [0.2, 0.25) is 0 Å². The second kappa shape index (κ2) is 4.00. The molecule has 0 aliphatic heterocycles. The third-order valence-corrected chi connectivity index (χ3v) is 2.33. The van der Waals surface area contributed by atoms with Gasteiger partial charge in [0, 0.05) is 24.5 Å². The first-order chi connectivity index (χ1) is 7.20. The van der Waals surface area contributed by atoms with Crippen LogP contribution in [0.15, 0.2) is 24.7 Å². The Bertz CT molecular complexity index is 478. The summed E-state index contributed by atoms with van der Waals surface area (Å²) >= 11 is 6.06. The van der Waals surface area contributed by atoms with Gasteiger partial charge in [0.05, 0.1) is 11.2 Å². The van der Waals surface area contributed by atoms with Crippen LogP contribution in [0.5, 0.6) is 0 Å². The SMILES string of the molecule is Cc1cnc(-n2cc(CN)cn2)c(Cl)c1. The van der Waals surface area contributed by atoms with Crippen LogP contribution in [0.3, 0.4) is 0 Å². The van der Waals surface area contributed by atoms with Gasteiger partial charge in [0.25, 0.3) is 0 Å². The van der Waals surface area contributed by atoms with Crippen molar-refractivity contribution >= 4 is 11.6 Å². The van der Waals surface area contributed by atoms with Gasteiger partial charge in [-0.25, -0.2) is 9.67 Å². The Labute approximate surface area is 92.7 Å². The predicted molar refractivity (Wildman–Crippen MR) is 59.0 cm³/mol. The highest BCUT2D eigenvalue weighted by Gasteiger charge is 2.05. The summed E-state index contributed by atoms with van der Waals surface area (Å²) in [5.74, 6) is 0.627. The van der Waals surface area contributed by atoms with Gasteiger partial charge in [-0.15, -0.1) is 0 Å². The quantitative estimate of drug-likeness (QED) is 0.841. The van der Waals surface area contributed by atoms with Crippen molar-refractivity contribution in [2.75, 3.05) is 0 Å². The minimum Gasteiger partial charge on any atom is -0.326 e. The van der Waals surface area contributed by atoms with E-state index in [1.807, 2.05) is 19.2 Å². The van der Waals surface area contributed by atoms with Crippen molar-refractivity contribution in [3.05, 3.63) is 40.8 Å². The van der Waals surface area contributed by atoms with Gasteiger partial charge in [-0.2, -0.15) is 5.10 Å². The number of hydrogen-bond acceptors (Lipinski definition) is 3. The maximum absolute atomic E-state index is 6.06. The van der Waals surface area contributed by atoms with Gasteiger partial charge in [-0.1, -0.05) is 11.6 Å². The van der Waals surface area contributed by atoms with E-state index in [9.17, 15) is 0 Å². The first-order valence-corrected chi connectivity index (χ1v) is 4.94. The average molecular weight is 223 g/mol. The van der Waals surface area contributed by atoms with E-state index in [-0.39, 0.29) is 0 Å². The number of aryl methyl sites for hydroxylation is 1. The Balaban J connectivity index is 2.44. The van der Waals surface area contributed by atoms with E-state index in [1.54, 1.807) is 17.1 Å². The molecule has 0 aromatic carbocycles. The Kier molecular flexibility index (Phi) is 2.70. The fraction of sp³-hybridized carbons (Fsp3) is 0.200. The fourth-order valence-corrected chi connectivity index (χ4v) is 1.58. The predicted octanol–water partition coefficient (Wildman–Crippen LogP) is 1.69. The number of halogens is 1. The fourth-order valence-electron chi connectivity index (χ4n) is 1.28. The minimum atomic E-state index is 0.462. The van der Waals surface area contributed by atoms with Crippen molar-refractivity contribution in [3.63, 3.8) is 0 Å². The zero-order valence-corrected chi connectivity index (χ0v) is 9.07. The largest absolute Gasteiger partial charge is 0.326 e. The smallest absolute Gasteiger partial charge is 0.172 e. The van der Waals surface area contributed by atoms with Crippen LogP contribution in [0.1, 0.15) is 11.1 Å². The summed E-state index contributed by atoms with van der Waals surface area (Å²) in [6.07, 6.45) is 5.28. The van der Waals surface area contributed by atoms with Crippen LogP contribution in [0, 0.1) is 6.92 Å². The van der Waals surface area contributed by atoms with Gasteiger partial charge in [0.1, 0.15) is 0 Å². The Morgan fingerprint density at radius 3 is 2.87 bits per heavy atom. The van der Waals surface area contributed by atoms with Crippen molar-refractivity contribution in [1.82, 2.24) is 14.8 Å². The zero-order valence-electron chi connectivity index (χ0n) is 8.31. The van der Waals surface area contributed by atoms with E-state index >= 15 is 0 Å². The Hall–Kier alpha value is -1.39. The zero-order chi connectivity index (χ0) is 10.8. The van der Waals surface area contributed by atoms with Crippen LogP contribution in [0.25, 0.3) is 5.82 Å². The van der Waals surface area contributed by atoms with Crippen molar-refractivity contribution in [3.8, 4) is 5.82 Å². The summed E-state index contributed by atoms with van der Waals surface area (Å²) in [6.45, 7) is 2.40. The van der Waals surface area contributed by atoms with Crippen LogP contribution in [-0.2, 0) is 6.54 Å². The van der Waals surface area contributed by atoms with E-state index in [4.69, 9.17) is 17.3 Å². The molecule has 0 saturated carbocycles. The second-order valence-corrected chi connectivity index (χ2v) is 3.72. The molecule has 0 atom stereocenters. The first kappa shape index (κ1) is 10.1. The molecule has 78 valence electrons. The highest BCUT2D eigenvalue weighted by atomic mass is 35.5. The molecular formula is C10H11ClN4. The highest BCUT2D eigenvalue weighted by Crippen LogP contribution is 2.18. The standard InChI is InChI=1S/C10H11ClN4/c1-7-2-9(11)10(13-4-7)15-6-8(3-12)5-14-15/h2,4-6H,3,12H2,1H3. The van der Waals surface area contributed by atoms with E-state index < -0.39 is 0 Å². The Morgan fingerprint density at radius 1 is 1.47 bits per heavy atom. The molecular weight excluding hydrogens is 212 g/mol. The van der Waals surface area contributed by atoms with Gasteiger partial charge >= 0.3 is 0 Å². The van der Waals surface area contributed by atoms with E-state index in [1.165, 1.54) is 0 Å². The molecule has 2 heterocycles. The van der Waals surface area contributed by atoms with E-state index in [0.29, 0.717) is 17.4 Å². The molecule has 0 amide bonds.